The number of hydrogen-bond donors (Lipinski definition) is 2. The van der Waals surface area contributed by atoms with Crippen LogP contribution in [0.3, 0.4) is 0 Å². The molecule has 0 saturated heterocycles. The molecule has 2 N–H and O–H groups in total. The average Bonchev–Trinajstić information content (AvgIpc) is 2.38. The molecule has 2 amide bonds. The summed E-state index contributed by atoms with van der Waals surface area (Å²) in [5.74, 6) is -1.46. The van der Waals surface area contributed by atoms with Crippen molar-refractivity contribution >= 4 is 40.7 Å². The molecule has 0 fully saturated rings. The third-order valence-electron chi connectivity index (χ3n) is 2.19. The van der Waals surface area contributed by atoms with Crippen LogP contribution >= 0.6 is 23.2 Å². The lowest BCUT2D eigenvalue weighted by atomic mass is 10.3. The van der Waals surface area contributed by atoms with E-state index in [1.54, 1.807) is 13.2 Å². The number of amides is 2. The van der Waals surface area contributed by atoms with Gasteiger partial charge < -0.3 is 15.4 Å². The van der Waals surface area contributed by atoms with Crippen molar-refractivity contribution in [1.29, 1.82) is 0 Å². The molecular weight excluding hydrogens is 291 g/mol. The van der Waals surface area contributed by atoms with Crippen LogP contribution in [-0.2, 0) is 14.3 Å². The molecule has 0 heterocycles. The second-order valence-corrected chi connectivity index (χ2v) is 4.50. The summed E-state index contributed by atoms with van der Waals surface area (Å²) in [4.78, 5) is 23.0. The molecule has 0 saturated carbocycles. The molecule has 1 rings (SSSR count). The zero-order valence-corrected chi connectivity index (χ0v) is 11.8. The van der Waals surface area contributed by atoms with Crippen molar-refractivity contribution in [3.63, 3.8) is 0 Å². The van der Waals surface area contributed by atoms with E-state index in [0.717, 1.165) is 0 Å². The first kappa shape index (κ1) is 15.8. The number of methoxy groups -OCH3 is 1. The molecule has 104 valence electrons. The maximum absolute atomic E-state index is 11.5. The molecule has 7 heteroatoms. The van der Waals surface area contributed by atoms with Crippen LogP contribution in [0.1, 0.15) is 6.42 Å². The van der Waals surface area contributed by atoms with Crippen LogP contribution in [0.2, 0.25) is 10.0 Å². The monoisotopic (exact) mass is 304 g/mol. The van der Waals surface area contributed by atoms with Gasteiger partial charge in [-0.25, -0.2) is 0 Å². The van der Waals surface area contributed by atoms with Crippen molar-refractivity contribution < 1.29 is 14.3 Å². The summed E-state index contributed by atoms with van der Waals surface area (Å²) in [5.41, 5.74) is 0.409. The smallest absolute Gasteiger partial charge is 0.313 e. The van der Waals surface area contributed by atoms with Crippen LogP contribution in [-0.4, -0.2) is 32.1 Å². The van der Waals surface area contributed by atoms with E-state index in [2.05, 4.69) is 10.6 Å². The van der Waals surface area contributed by atoms with Gasteiger partial charge in [-0.2, -0.15) is 0 Å². The molecule has 0 radical (unpaired) electrons. The summed E-state index contributed by atoms with van der Waals surface area (Å²) in [6.45, 7) is 0.899. The van der Waals surface area contributed by atoms with Gasteiger partial charge in [0.25, 0.3) is 0 Å². The highest BCUT2D eigenvalue weighted by Gasteiger charge is 2.13. The van der Waals surface area contributed by atoms with E-state index in [9.17, 15) is 9.59 Å². The number of benzene rings is 1. The van der Waals surface area contributed by atoms with Crippen LogP contribution in [0.4, 0.5) is 5.69 Å². The van der Waals surface area contributed by atoms with Crippen LogP contribution in [0, 0.1) is 0 Å². The van der Waals surface area contributed by atoms with Crippen molar-refractivity contribution in [2.45, 2.75) is 6.42 Å². The highest BCUT2D eigenvalue weighted by atomic mass is 35.5. The van der Waals surface area contributed by atoms with Gasteiger partial charge in [-0.05, 0) is 24.6 Å². The number of carbonyl (C=O) groups is 2. The highest BCUT2D eigenvalue weighted by molar-refractivity contribution is 6.42. The molecule has 0 aliphatic heterocycles. The second-order valence-electron chi connectivity index (χ2n) is 3.69. The Labute approximate surface area is 121 Å². The van der Waals surface area contributed by atoms with E-state index < -0.39 is 11.8 Å². The van der Waals surface area contributed by atoms with Crippen molar-refractivity contribution in [3.05, 3.63) is 28.2 Å². The molecule has 0 unspecified atom stereocenters. The molecule has 19 heavy (non-hydrogen) atoms. The van der Waals surface area contributed by atoms with Crippen molar-refractivity contribution in [3.8, 4) is 0 Å². The molecule has 1 aromatic rings. The maximum Gasteiger partial charge on any atom is 0.313 e. The van der Waals surface area contributed by atoms with E-state index >= 15 is 0 Å². The Bertz CT molecular complexity index is 466. The van der Waals surface area contributed by atoms with E-state index in [0.29, 0.717) is 35.3 Å². The SMILES string of the molecule is COCCCNC(=O)C(=O)Nc1ccc(Cl)c(Cl)c1. The maximum atomic E-state index is 11.5. The van der Waals surface area contributed by atoms with Gasteiger partial charge in [0.1, 0.15) is 0 Å². The number of anilines is 1. The molecule has 0 atom stereocenters. The normalized spacial score (nSPS) is 10.1. The van der Waals surface area contributed by atoms with E-state index in [1.165, 1.54) is 12.1 Å². The highest BCUT2D eigenvalue weighted by Crippen LogP contribution is 2.24. The van der Waals surface area contributed by atoms with Crippen LogP contribution in [0.15, 0.2) is 18.2 Å². The molecule has 0 aromatic heterocycles. The van der Waals surface area contributed by atoms with Crippen molar-refractivity contribution in [2.24, 2.45) is 0 Å². The first-order valence-electron chi connectivity index (χ1n) is 5.57. The second kappa shape index (κ2) is 7.99. The molecule has 0 spiro atoms. The molecule has 1 aromatic carbocycles. The van der Waals surface area contributed by atoms with Crippen LogP contribution in [0.5, 0.6) is 0 Å². The van der Waals surface area contributed by atoms with Gasteiger partial charge in [0.05, 0.1) is 10.0 Å². The fourth-order valence-corrected chi connectivity index (χ4v) is 1.56. The zero-order chi connectivity index (χ0) is 14.3. The number of halogens is 2. The number of rotatable bonds is 5. The topological polar surface area (TPSA) is 67.4 Å². The first-order chi connectivity index (χ1) is 9.04. The molecule has 0 bridgehead atoms. The Balaban J connectivity index is 2.45. The van der Waals surface area contributed by atoms with Gasteiger partial charge in [-0.15, -0.1) is 0 Å². The third-order valence-corrected chi connectivity index (χ3v) is 2.93. The summed E-state index contributed by atoms with van der Waals surface area (Å²) in [6, 6.07) is 4.57. The summed E-state index contributed by atoms with van der Waals surface area (Å²) in [5, 5.41) is 5.58. The predicted octanol–water partition coefficient (Wildman–Crippen LogP) is 2.08. The average molecular weight is 305 g/mol. The Morgan fingerprint density at radius 1 is 1.21 bits per heavy atom. The Kier molecular flexibility index (Phi) is 6.62. The minimum Gasteiger partial charge on any atom is -0.385 e. The molecule has 0 aliphatic rings. The van der Waals surface area contributed by atoms with Gasteiger partial charge in [-0.3, -0.25) is 9.59 Å². The lowest BCUT2D eigenvalue weighted by Gasteiger charge is -2.07. The van der Waals surface area contributed by atoms with E-state index in [1.807, 2.05) is 0 Å². The van der Waals surface area contributed by atoms with Gasteiger partial charge in [0.2, 0.25) is 0 Å². The molecule has 5 nitrogen and oxygen atoms in total. The molecule has 0 aliphatic carbocycles. The van der Waals surface area contributed by atoms with Crippen molar-refractivity contribution in [2.75, 3.05) is 25.6 Å². The number of ether oxygens (including phenoxy) is 1. The lowest BCUT2D eigenvalue weighted by molar-refractivity contribution is -0.136. The minimum absolute atomic E-state index is 0.306. The minimum atomic E-state index is -0.754. The quantitative estimate of drug-likeness (QED) is 0.646. The number of hydrogen-bond acceptors (Lipinski definition) is 3. The van der Waals surface area contributed by atoms with Gasteiger partial charge in [0, 0.05) is 25.9 Å². The summed E-state index contributed by atoms with van der Waals surface area (Å²) < 4.78 is 4.83. The summed E-state index contributed by atoms with van der Waals surface area (Å²) in [7, 11) is 1.57. The Morgan fingerprint density at radius 3 is 2.58 bits per heavy atom. The zero-order valence-electron chi connectivity index (χ0n) is 10.3. The fraction of sp³-hybridized carbons (Fsp3) is 0.333. The number of carbonyl (C=O) groups excluding carboxylic acids is 2. The van der Waals surface area contributed by atoms with Gasteiger partial charge in [-0.1, -0.05) is 23.2 Å². The van der Waals surface area contributed by atoms with Crippen LogP contribution in [0.25, 0.3) is 0 Å². The summed E-state index contributed by atoms with van der Waals surface area (Å²) >= 11 is 11.5. The van der Waals surface area contributed by atoms with Crippen LogP contribution < -0.4 is 10.6 Å². The third kappa shape index (κ3) is 5.46. The molecular formula is C12H14Cl2N2O3. The Hall–Kier alpha value is -1.30. The van der Waals surface area contributed by atoms with Crippen molar-refractivity contribution in [1.82, 2.24) is 5.32 Å². The summed E-state index contributed by atoms with van der Waals surface area (Å²) in [6.07, 6.45) is 0.641. The fourth-order valence-electron chi connectivity index (χ4n) is 1.26. The van der Waals surface area contributed by atoms with E-state index in [-0.39, 0.29) is 0 Å². The standard InChI is InChI=1S/C12H14Cl2N2O3/c1-19-6-2-5-15-11(17)12(18)16-8-3-4-9(13)10(14)7-8/h3-4,7H,2,5-6H2,1H3,(H,15,17)(H,16,18). The lowest BCUT2D eigenvalue weighted by Crippen LogP contribution is -2.36. The largest absolute Gasteiger partial charge is 0.385 e. The van der Waals surface area contributed by atoms with Gasteiger partial charge in [0.15, 0.2) is 0 Å². The predicted molar refractivity (Wildman–Crippen MR) is 74.6 cm³/mol. The van der Waals surface area contributed by atoms with E-state index in [4.69, 9.17) is 27.9 Å². The Morgan fingerprint density at radius 2 is 1.95 bits per heavy atom. The number of nitrogens with one attached hydrogen (secondary N) is 2. The first-order valence-corrected chi connectivity index (χ1v) is 6.33. The van der Waals surface area contributed by atoms with Gasteiger partial charge >= 0.3 is 11.8 Å².